The van der Waals surface area contributed by atoms with E-state index in [2.05, 4.69) is 10.3 Å². The normalized spacial score (nSPS) is 16.9. The van der Waals surface area contributed by atoms with E-state index in [4.69, 9.17) is 5.73 Å². The van der Waals surface area contributed by atoms with Crippen LogP contribution in [-0.2, 0) is 14.4 Å². The summed E-state index contributed by atoms with van der Waals surface area (Å²) in [5.74, 6) is -5.31. The molecule has 3 aromatic carbocycles. The molecule has 0 saturated heterocycles. The van der Waals surface area contributed by atoms with Crippen molar-refractivity contribution in [2.45, 2.75) is 31.1 Å². The minimum atomic E-state index is -4.57. The lowest BCUT2D eigenvalue weighted by Gasteiger charge is -2.27. The number of likely N-dealkylation sites (N-methyl/N-ethyl adjacent to an activating group) is 1. The summed E-state index contributed by atoms with van der Waals surface area (Å²) in [6.07, 6.45) is -8.05. The topological polar surface area (TPSA) is 105 Å². The molecule has 0 spiro atoms. The van der Waals surface area contributed by atoms with Crippen LogP contribution in [0.3, 0.4) is 0 Å². The molecule has 2 unspecified atom stereocenters. The number of fused-ring (bicyclic) bond motifs is 1. The monoisotopic (exact) mass is 536 g/mol. The standard InChI is InChI=1S/C29H27F3N4O3/c1-36-22-15-9-8-14-20(22)24(19-12-6-3-7-13-19)34-26(28(36)39)35-27(38)21(16-17-29(30,31)32)23(25(33)37)18-10-4-2-5-11-18/h2-15,21,23,26H,16-17H2,1H3,(H2,33,37)(H,35,38)/t21?,23?,26-/m1/s1. The fourth-order valence-corrected chi connectivity index (χ4v) is 4.71. The van der Waals surface area contributed by atoms with Crippen LogP contribution in [0.2, 0.25) is 0 Å². The van der Waals surface area contributed by atoms with Crippen LogP contribution >= 0.6 is 0 Å². The Morgan fingerprint density at radius 2 is 1.56 bits per heavy atom. The van der Waals surface area contributed by atoms with Gasteiger partial charge in [0.1, 0.15) is 0 Å². The summed E-state index contributed by atoms with van der Waals surface area (Å²) in [6.45, 7) is 0. The minimum absolute atomic E-state index is 0.303. The van der Waals surface area contributed by atoms with Crippen LogP contribution in [0.15, 0.2) is 89.9 Å². The molecule has 7 nitrogen and oxygen atoms in total. The van der Waals surface area contributed by atoms with Gasteiger partial charge in [0.25, 0.3) is 5.91 Å². The maximum Gasteiger partial charge on any atom is 0.389 e. The largest absolute Gasteiger partial charge is 0.389 e. The molecule has 202 valence electrons. The van der Waals surface area contributed by atoms with Crippen LogP contribution < -0.4 is 16.0 Å². The fourth-order valence-electron chi connectivity index (χ4n) is 4.71. The van der Waals surface area contributed by atoms with E-state index in [1.54, 1.807) is 66.7 Å². The molecular weight excluding hydrogens is 509 g/mol. The molecule has 3 N–H and O–H groups in total. The SMILES string of the molecule is CN1C(=O)[C@@H](NC(=O)C(CCC(F)(F)F)C(C(N)=O)c2ccccc2)N=C(c2ccccc2)c2ccccc21. The zero-order chi connectivity index (χ0) is 28.2. The second-order valence-corrected chi connectivity index (χ2v) is 9.22. The first-order valence-corrected chi connectivity index (χ1v) is 12.3. The van der Waals surface area contributed by atoms with Crippen LogP contribution in [-0.4, -0.2) is 42.8 Å². The number of aliphatic imine (C=N–C) groups is 1. The summed E-state index contributed by atoms with van der Waals surface area (Å²) in [4.78, 5) is 45.5. The number of halogens is 3. The lowest BCUT2D eigenvalue weighted by atomic mass is 9.81. The lowest BCUT2D eigenvalue weighted by Crippen LogP contribution is -2.49. The Hall–Kier alpha value is -4.47. The third-order valence-corrected chi connectivity index (χ3v) is 6.61. The van der Waals surface area contributed by atoms with Crippen LogP contribution in [0, 0.1) is 5.92 Å². The number of amides is 3. The van der Waals surface area contributed by atoms with Gasteiger partial charge >= 0.3 is 6.18 Å². The third-order valence-electron chi connectivity index (χ3n) is 6.61. The Morgan fingerprint density at radius 3 is 2.18 bits per heavy atom. The van der Waals surface area contributed by atoms with E-state index in [1.165, 1.54) is 24.1 Å². The number of benzodiazepines with no additional fused rings is 1. The highest BCUT2D eigenvalue weighted by atomic mass is 19.4. The summed E-state index contributed by atoms with van der Waals surface area (Å²) in [6, 6.07) is 24.0. The fraction of sp³-hybridized carbons (Fsp3) is 0.241. The van der Waals surface area contributed by atoms with Crippen molar-refractivity contribution in [1.29, 1.82) is 0 Å². The molecule has 3 amide bonds. The summed E-state index contributed by atoms with van der Waals surface area (Å²) >= 11 is 0. The molecular formula is C29H27F3N4O3. The minimum Gasteiger partial charge on any atom is -0.369 e. The summed E-state index contributed by atoms with van der Waals surface area (Å²) < 4.78 is 39.7. The highest BCUT2D eigenvalue weighted by molar-refractivity contribution is 6.20. The molecule has 0 bridgehead atoms. The number of carbonyl (C=O) groups excluding carboxylic acids is 3. The maximum absolute atomic E-state index is 13.6. The second-order valence-electron chi connectivity index (χ2n) is 9.22. The van der Waals surface area contributed by atoms with Gasteiger partial charge in [-0.25, -0.2) is 4.99 Å². The number of primary amides is 1. The van der Waals surface area contributed by atoms with Crippen molar-refractivity contribution in [3.8, 4) is 0 Å². The van der Waals surface area contributed by atoms with Gasteiger partial charge in [0, 0.05) is 24.6 Å². The predicted molar refractivity (Wildman–Crippen MR) is 141 cm³/mol. The van der Waals surface area contributed by atoms with Crippen molar-refractivity contribution in [2.24, 2.45) is 16.6 Å². The predicted octanol–water partition coefficient (Wildman–Crippen LogP) is 4.17. The number of benzene rings is 3. The van der Waals surface area contributed by atoms with E-state index >= 15 is 0 Å². The van der Waals surface area contributed by atoms with Crippen molar-refractivity contribution >= 4 is 29.1 Å². The zero-order valence-corrected chi connectivity index (χ0v) is 21.1. The highest BCUT2D eigenvalue weighted by Gasteiger charge is 2.40. The number of para-hydroxylation sites is 1. The van der Waals surface area contributed by atoms with Gasteiger partial charge in [-0.2, -0.15) is 13.2 Å². The number of hydrogen-bond acceptors (Lipinski definition) is 4. The smallest absolute Gasteiger partial charge is 0.369 e. The number of nitrogens with two attached hydrogens (primary N) is 1. The van der Waals surface area contributed by atoms with Crippen molar-refractivity contribution in [1.82, 2.24) is 5.32 Å². The number of hydrogen-bond donors (Lipinski definition) is 2. The Bertz CT molecular complexity index is 1380. The van der Waals surface area contributed by atoms with E-state index in [0.717, 1.165) is 0 Å². The molecule has 0 aliphatic carbocycles. The van der Waals surface area contributed by atoms with Gasteiger partial charge in [-0.15, -0.1) is 0 Å². The van der Waals surface area contributed by atoms with Crippen LogP contribution in [0.1, 0.15) is 35.4 Å². The van der Waals surface area contributed by atoms with Gasteiger partial charge in [-0.05, 0) is 18.1 Å². The van der Waals surface area contributed by atoms with Gasteiger partial charge < -0.3 is 16.0 Å². The van der Waals surface area contributed by atoms with E-state index in [0.29, 0.717) is 28.1 Å². The summed E-state index contributed by atoms with van der Waals surface area (Å²) in [5.41, 5.74) is 8.21. The third kappa shape index (κ3) is 6.34. The van der Waals surface area contributed by atoms with E-state index < -0.39 is 54.7 Å². The van der Waals surface area contributed by atoms with Crippen molar-refractivity contribution < 1.29 is 27.6 Å². The average Bonchev–Trinajstić information content (AvgIpc) is 3.02. The van der Waals surface area contributed by atoms with Crippen LogP contribution in [0.5, 0.6) is 0 Å². The molecule has 4 rings (SSSR count). The van der Waals surface area contributed by atoms with Gasteiger partial charge in [0.15, 0.2) is 0 Å². The first-order valence-electron chi connectivity index (χ1n) is 12.3. The molecule has 0 fully saturated rings. The number of anilines is 1. The number of alkyl halides is 3. The molecule has 39 heavy (non-hydrogen) atoms. The Kier molecular flexibility index (Phi) is 8.13. The Labute approximate surface area is 223 Å². The molecule has 0 saturated carbocycles. The van der Waals surface area contributed by atoms with E-state index in [-0.39, 0.29) is 0 Å². The van der Waals surface area contributed by atoms with Gasteiger partial charge in [-0.3, -0.25) is 14.4 Å². The zero-order valence-electron chi connectivity index (χ0n) is 21.1. The number of rotatable bonds is 8. The number of nitrogens with one attached hydrogen (secondary N) is 1. The molecule has 1 aliphatic heterocycles. The quantitative estimate of drug-likeness (QED) is 0.452. The molecule has 3 atom stereocenters. The average molecular weight is 537 g/mol. The second kappa shape index (κ2) is 11.5. The summed E-state index contributed by atoms with van der Waals surface area (Å²) in [5, 5.41) is 2.52. The molecule has 1 heterocycles. The number of carbonyl (C=O) groups is 3. The first kappa shape index (κ1) is 27.6. The van der Waals surface area contributed by atoms with Crippen molar-refractivity contribution in [3.05, 3.63) is 102 Å². The molecule has 10 heteroatoms. The van der Waals surface area contributed by atoms with E-state index in [1.807, 2.05) is 6.07 Å². The van der Waals surface area contributed by atoms with Crippen molar-refractivity contribution in [2.75, 3.05) is 11.9 Å². The molecule has 1 aliphatic rings. The van der Waals surface area contributed by atoms with Crippen LogP contribution in [0.4, 0.5) is 18.9 Å². The molecule has 0 radical (unpaired) electrons. The highest BCUT2D eigenvalue weighted by Crippen LogP contribution is 2.33. The van der Waals surface area contributed by atoms with Crippen molar-refractivity contribution in [3.63, 3.8) is 0 Å². The van der Waals surface area contributed by atoms with Gasteiger partial charge in [0.2, 0.25) is 18.0 Å². The Balaban J connectivity index is 1.75. The molecule has 3 aromatic rings. The lowest BCUT2D eigenvalue weighted by molar-refractivity contribution is -0.144. The van der Waals surface area contributed by atoms with E-state index in [9.17, 15) is 27.6 Å². The van der Waals surface area contributed by atoms with Gasteiger partial charge in [0.05, 0.1) is 23.2 Å². The summed E-state index contributed by atoms with van der Waals surface area (Å²) in [7, 11) is 1.53. The first-order chi connectivity index (χ1) is 18.6. The van der Waals surface area contributed by atoms with Crippen LogP contribution in [0.25, 0.3) is 0 Å². The van der Waals surface area contributed by atoms with Gasteiger partial charge in [-0.1, -0.05) is 78.9 Å². The molecule has 0 aromatic heterocycles. The number of nitrogens with zero attached hydrogens (tertiary/aromatic N) is 2. The Morgan fingerprint density at radius 1 is 0.974 bits per heavy atom. The maximum atomic E-state index is 13.6.